The van der Waals surface area contributed by atoms with Crippen molar-refractivity contribution in [3.8, 4) is 0 Å². The number of hydrogen-bond donors (Lipinski definition) is 0. The van der Waals surface area contributed by atoms with Gasteiger partial charge in [-0.1, -0.05) is 46.3 Å². The topological polar surface area (TPSA) is 9.23 Å². The molecule has 0 saturated carbocycles. The summed E-state index contributed by atoms with van der Waals surface area (Å²) in [4.78, 5) is 0. The molecule has 0 aliphatic carbocycles. The molecule has 1 heterocycles. The highest BCUT2D eigenvalue weighted by Gasteiger charge is 2.22. The van der Waals surface area contributed by atoms with Gasteiger partial charge in [0, 0.05) is 5.33 Å². The molecule has 0 spiro atoms. The van der Waals surface area contributed by atoms with Gasteiger partial charge in [0.25, 0.3) is 0 Å². The number of rotatable bonds is 2. The van der Waals surface area contributed by atoms with E-state index in [1.54, 1.807) is 0 Å². The van der Waals surface area contributed by atoms with Crippen LogP contribution in [0.5, 0.6) is 0 Å². The summed E-state index contributed by atoms with van der Waals surface area (Å²) in [5.41, 5.74) is 1.32. The first kappa shape index (κ1) is 10.2. The van der Waals surface area contributed by atoms with E-state index in [4.69, 9.17) is 4.74 Å². The molecule has 1 aliphatic rings. The molecule has 0 unspecified atom stereocenters. The van der Waals surface area contributed by atoms with Crippen molar-refractivity contribution in [2.45, 2.75) is 31.5 Å². The molecule has 0 amide bonds. The van der Waals surface area contributed by atoms with Crippen LogP contribution < -0.4 is 0 Å². The Morgan fingerprint density at radius 2 is 2.00 bits per heavy atom. The fourth-order valence-corrected chi connectivity index (χ4v) is 2.40. The largest absolute Gasteiger partial charge is 0.369 e. The van der Waals surface area contributed by atoms with E-state index in [0.29, 0.717) is 12.2 Å². The average Bonchev–Trinajstić information content (AvgIpc) is 2.30. The lowest BCUT2D eigenvalue weighted by Gasteiger charge is -2.29. The Balaban J connectivity index is 2.04. The lowest BCUT2D eigenvalue weighted by atomic mass is 9.99. The van der Waals surface area contributed by atoms with Crippen molar-refractivity contribution in [3.05, 3.63) is 35.9 Å². The summed E-state index contributed by atoms with van der Waals surface area (Å²) < 4.78 is 5.97. The molecule has 2 atom stereocenters. The normalized spacial score (nSPS) is 27.5. The van der Waals surface area contributed by atoms with Gasteiger partial charge in [-0.25, -0.2) is 0 Å². The molecule has 0 aromatic heterocycles. The van der Waals surface area contributed by atoms with Crippen molar-refractivity contribution in [2.75, 3.05) is 5.33 Å². The van der Waals surface area contributed by atoms with Gasteiger partial charge in [-0.3, -0.25) is 0 Å². The zero-order valence-corrected chi connectivity index (χ0v) is 9.74. The van der Waals surface area contributed by atoms with E-state index >= 15 is 0 Å². The van der Waals surface area contributed by atoms with E-state index in [1.165, 1.54) is 18.4 Å². The smallest absolute Gasteiger partial charge is 0.0829 e. The number of ether oxygens (including phenoxy) is 1. The fourth-order valence-electron chi connectivity index (χ4n) is 1.93. The van der Waals surface area contributed by atoms with Crippen molar-refractivity contribution < 1.29 is 4.74 Å². The third-order valence-corrected chi connectivity index (χ3v) is 3.41. The van der Waals surface area contributed by atoms with E-state index in [-0.39, 0.29) is 0 Å². The van der Waals surface area contributed by atoms with Crippen LogP contribution in [0.2, 0.25) is 0 Å². The Hall–Kier alpha value is -0.340. The highest BCUT2D eigenvalue weighted by Crippen LogP contribution is 2.31. The van der Waals surface area contributed by atoms with Gasteiger partial charge in [-0.2, -0.15) is 0 Å². The van der Waals surface area contributed by atoms with Crippen molar-refractivity contribution in [1.29, 1.82) is 0 Å². The Kier molecular flexibility index (Phi) is 3.60. The molecule has 1 aliphatic heterocycles. The van der Waals surface area contributed by atoms with Gasteiger partial charge in [0.05, 0.1) is 12.2 Å². The lowest BCUT2D eigenvalue weighted by molar-refractivity contribution is -0.0383. The SMILES string of the molecule is BrC[C@H]1CCC[C@H](c2ccccc2)O1. The van der Waals surface area contributed by atoms with Gasteiger partial charge in [-0.15, -0.1) is 0 Å². The molecule has 2 heteroatoms. The minimum Gasteiger partial charge on any atom is -0.369 e. The van der Waals surface area contributed by atoms with Crippen molar-refractivity contribution in [1.82, 2.24) is 0 Å². The lowest BCUT2D eigenvalue weighted by Crippen LogP contribution is -2.23. The molecular weight excluding hydrogens is 240 g/mol. The maximum atomic E-state index is 5.97. The van der Waals surface area contributed by atoms with Crippen LogP contribution in [0.1, 0.15) is 30.9 Å². The summed E-state index contributed by atoms with van der Waals surface area (Å²) in [6.07, 6.45) is 4.33. The number of benzene rings is 1. The second-order valence-corrected chi connectivity index (χ2v) is 4.39. The molecule has 1 aromatic rings. The average molecular weight is 255 g/mol. The van der Waals surface area contributed by atoms with Crippen molar-refractivity contribution >= 4 is 15.9 Å². The molecule has 1 fully saturated rings. The van der Waals surface area contributed by atoms with Crippen molar-refractivity contribution in [2.24, 2.45) is 0 Å². The Labute approximate surface area is 93.6 Å². The number of hydrogen-bond acceptors (Lipinski definition) is 1. The van der Waals surface area contributed by atoms with Gasteiger partial charge >= 0.3 is 0 Å². The first-order valence-electron chi connectivity index (χ1n) is 5.16. The zero-order chi connectivity index (χ0) is 9.80. The van der Waals surface area contributed by atoms with E-state index in [1.807, 2.05) is 6.07 Å². The van der Waals surface area contributed by atoms with Crippen LogP contribution in [0.25, 0.3) is 0 Å². The predicted octanol–water partition coefficient (Wildman–Crippen LogP) is 3.69. The van der Waals surface area contributed by atoms with Crippen LogP contribution in [-0.4, -0.2) is 11.4 Å². The molecule has 1 saturated heterocycles. The van der Waals surface area contributed by atoms with Crippen LogP contribution in [-0.2, 0) is 4.74 Å². The van der Waals surface area contributed by atoms with Crippen LogP contribution in [0.4, 0.5) is 0 Å². The quantitative estimate of drug-likeness (QED) is 0.732. The molecule has 1 nitrogen and oxygen atoms in total. The number of alkyl halides is 1. The molecule has 76 valence electrons. The summed E-state index contributed by atoms with van der Waals surface area (Å²) >= 11 is 3.49. The summed E-state index contributed by atoms with van der Waals surface area (Å²) in [5.74, 6) is 0. The monoisotopic (exact) mass is 254 g/mol. The highest BCUT2D eigenvalue weighted by molar-refractivity contribution is 9.09. The molecule has 14 heavy (non-hydrogen) atoms. The Morgan fingerprint density at radius 3 is 2.71 bits per heavy atom. The molecule has 0 N–H and O–H groups in total. The minimum absolute atomic E-state index is 0.312. The van der Waals surface area contributed by atoms with E-state index in [0.717, 1.165) is 11.8 Å². The van der Waals surface area contributed by atoms with E-state index < -0.39 is 0 Å². The minimum atomic E-state index is 0.312. The molecular formula is C12H15BrO. The third-order valence-electron chi connectivity index (χ3n) is 2.69. The second-order valence-electron chi connectivity index (χ2n) is 3.74. The van der Waals surface area contributed by atoms with Gasteiger partial charge in [0.2, 0.25) is 0 Å². The maximum absolute atomic E-state index is 5.97. The number of halogens is 1. The third kappa shape index (κ3) is 2.37. The van der Waals surface area contributed by atoms with Crippen LogP contribution in [0, 0.1) is 0 Å². The Morgan fingerprint density at radius 1 is 1.21 bits per heavy atom. The fraction of sp³-hybridized carbons (Fsp3) is 0.500. The molecule has 1 aromatic carbocycles. The maximum Gasteiger partial charge on any atom is 0.0829 e. The van der Waals surface area contributed by atoms with Crippen LogP contribution >= 0.6 is 15.9 Å². The standard InChI is InChI=1S/C12H15BrO/c13-9-11-7-4-8-12(14-11)10-5-2-1-3-6-10/h1-3,5-6,11-12H,4,7-9H2/t11-,12-/m1/s1. The predicted molar refractivity (Wildman–Crippen MR) is 61.7 cm³/mol. The molecule has 0 radical (unpaired) electrons. The van der Waals surface area contributed by atoms with E-state index in [9.17, 15) is 0 Å². The van der Waals surface area contributed by atoms with Gasteiger partial charge in [-0.05, 0) is 24.8 Å². The van der Waals surface area contributed by atoms with Crippen molar-refractivity contribution in [3.63, 3.8) is 0 Å². The molecule has 0 bridgehead atoms. The van der Waals surface area contributed by atoms with Crippen LogP contribution in [0.3, 0.4) is 0 Å². The van der Waals surface area contributed by atoms with Crippen LogP contribution in [0.15, 0.2) is 30.3 Å². The first-order chi connectivity index (χ1) is 6.90. The summed E-state index contributed by atoms with van der Waals surface area (Å²) in [7, 11) is 0. The summed E-state index contributed by atoms with van der Waals surface area (Å²) in [5, 5.41) is 0.955. The first-order valence-corrected chi connectivity index (χ1v) is 6.28. The Bertz CT molecular complexity index is 273. The molecule has 2 rings (SSSR count). The van der Waals surface area contributed by atoms with E-state index in [2.05, 4.69) is 40.2 Å². The second kappa shape index (κ2) is 4.94. The summed E-state index contributed by atoms with van der Waals surface area (Å²) in [6.45, 7) is 0. The van der Waals surface area contributed by atoms with Gasteiger partial charge in [0.1, 0.15) is 0 Å². The zero-order valence-electron chi connectivity index (χ0n) is 8.16. The van der Waals surface area contributed by atoms with Gasteiger partial charge in [0.15, 0.2) is 0 Å². The van der Waals surface area contributed by atoms with Gasteiger partial charge < -0.3 is 4.74 Å². The highest BCUT2D eigenvalue weighted by atomic mass is 79.9. The summed E-state index contributed by atoms with van der Waals surface area (Å²) in [6, 6.07) is 10.5.